The van der Waals surface area contributed by atoms with Gasteiger partial charge < -0.3 is 5.32 Å². The predicted molar refractivity (Wildman–Crippen MR) is 96.9 cm³/mol. The Hall–Kier alpha value is -3.03. The molecule has 0 unspecified atom stereocenters. The molecule has 1 amide bonds. The third-order valence-corrected chi connectivity index (χ3v) is 5.13. The van der Waals surface area contributed by atoms with Gasteiger partial charge in [-0.3, -0.25) is 24.3 Å². The fourth-order valence-electron chi connectivity index (χ4n) is 3.65. The number of hydrogen-bond acceptors (Lipinski definition) is 4. The molecule has 1 fully saturated rings. The number of rotatable bonds is 6. The Balaban J connectivity index is 1.70. The van der Waals surface area contributed by atoms with Crippen molar-refractivity contribution in [3.05, 3.63) is 74.4 Å². The summed E-state index contributed by atoms with van der Waals surface area (Å²) < 4.78 is 14.3. The molecule has 7 nitrogen and oxygen atoms in total. The van der Waals surface area contributed by atoms with E-state index in [0.29, 0.717) is 6.54 Å². The van der Waals surface area contributed by atoms with Crippen LogP contribution in [-0.2, 0) is 16.8 Å². The van der Waals surface area contributed by atoms with Crippen LogP contribution in [0.5, 0.6) is 0 Å². The van der Waals surface area contributed by atoms with E-state index in [1.54, 1.807) is 12.1 Å². The highest BCUT2D eigenvalue weighted by molar-refractivity contribution is 5.76. The van der Waals surface area contributed by atoms with Crippen LogP contribution < -0.4 is 10.9 Å². The first kappa shape index (κ1) is 18.8. The van der Waals surface area contributed by atoms with E-state index in [0.717, 1.165) is 54.1 Å². The highest BCUT2D eigenvalue weighted by atomic mass is 19.1. The average Bonchev–Trinajstić information content (AvgIpc) is 3.12. The number of pyridine rings is 1. The minimum Gasteiger partial charge on any atom is -0.354 e. The van der Waals surface area contributed by atoms with Gasteiger partial charge in [0, 0.05) is 24.1 Å². The molecule has 8 heteroatoms. The summed E-state index contributed by atoms with van der Waals surface area (Å²) in [6, 6.07) is 8.51. The number of nitrogens with one attached hydrogen (secondary N) is 1. The number of halogens is 1. The number of benzene rings is 1. The lowest BCUT2D eigenvalue weighted by Crippen LogP contribution is -2.41. The van der Waals surface area contributed by atoms with Crippen LogP contribution in [-0.4, -0.2) is 21.9 Å². The van der Waals surface area contributed by atoms with Gasteiger partial charge in [-0.2, -0.15) is 0 Å². The largest absolute Gasteiger partial charge is 0.354 e. The highest BCUT2D eigenvalue weighted by Crippen LogP contribution is 2.40. The van der Waals surface area contributed by atoms with Crippen molar-refractivity contribution in [1.29, 1.82) is 0 Å². The van der Waals surface area contributed by atoms with E-state index in [1.165, 1.54) is 12.1 Å². The first-order chi connectivity index (χ1) is 12.9. The molecule has 1 aliphatic carbocycles. The van der Waals surface area contributed by atoms with Gasteiger partial charge in [0.05, 0.1) is 11.1 Å². The molecule has 1 aromatic carbocycles. The SMILES string of the molecule is O=C(Cn1cc([N+](=O)[O-])ccc1=O)NCC1(c2ccc(F)cc2)CCCC1. The monoisotopic (exact) mass is 373 g/mol. The first-order valence-electron chi connectivity index (χ1n) is 8.77. The van der Waals surface area contributed by atoms with Crippen molar-refractivity contribution in [2.75, 3.05) is 6.54 Å². The van der Waals surface area contributed by atoms with Crippen molar-refractivity contribution in [2.45, 2.75) is 37.6 Å². The minimum absolute atomic E-state index is 0.249. The fraction of sp³-hybridized carbons (Fsp3) is 0.368. The second-order valence-electron chi connectivity index (χ2n) is 6.88. The molecule has 0 atom stereocenters. The van der Waals surface area contributed by atoms with Gasteiger partial charge >= 0.3 is 0 Å². The van der Waals surface area contributed by atoms with Crippen molar-refractivity contribution in [1.82, 2.24) is 9.88 Å². The zero-order chi connectivity index (χ0) is 19.4. The smallest absolute Gasteiger partial charge is 0.285 e. The van der Waals surface area contributed by atoms with Crippen LogP contribution in [0.3, 0.4) is 0 Å². The molecule has 0 aliphatic heterocycles. The van der Waals surface area contributed by atoms with E-state index in [-0.39, 0.29) is 23.5 Å². The van der Waals surface area contributed by atoms with Crippen LogP contribution in [0.15, 0.2) is 47.4 Å². The second kappa shape index (κ2) is 7.69. The van der Waals surface area contributed by atoms with E-state index in [1.807, 2.05) is 0 Å². The summed E-state index contributed by atoms with van der Waals surface area (Å²) in [6.45, 7) is 0.0845. The zero-order valence-electron chi connectivity index (χ0n) is 14.7. The number of amides is 1. The molecule has 0 bridgehead atoms. The molecule has 27 heavy (non-hydrogen) atoms. The molecule has 1 N–H and O–H groups in total. The van der Waals surface area contributed by atoms with E-state index < -0.39 is 16.4 Å². The number of carbonyl (C=O) groups is 1. The van der Waals surface area contributed by atoms with Crippen molar-refractivity contribution < 1.29 is 14.1 Å². The van der Waals surface area contributed by atoms with Crippen molar-refractivity contribution in [2.24, 2.45) is 0 Å². The fourth-order valence-corrected chi connectivity index (χ4v) is 3.65. The maximum Gasteiger partial charge on any atom is 0.285 e. The summed E-state index contributed by atoms with van der Waals surface area (Å²) in [5.41, 5.74) is -0.00292. The Morgan fingerprint density at radius 2 is 1.85 bits per heavy atom. The van der Waals surface area contributed by atoms with Crippen LogP contribution in [0.25, 0.3) is 0 Å². The number of carbonyl (C=O) groups excluding carboxylic acids is 1. The molecule has 3 rings (SSSR count). The lowest BCUT2D eigenvalue weighted by Gasteiger charge is -2.30. The van der Waals surface area contributed by atoms with E-state index in [9.17, 15) is 24.1 Å². The van der Waals surface area contributed by atoms with Gasteiger partial charge in [-0.1, -0.05) is 25.0 Å². The number of nitro groups is 1. The van der Waals surface area contributed by atoms with E-state index >= 15 is 0 Å². The molecular formula is C19H20FN3O4. The summed E-state index contributed by atoms with van der Waals surface area (Å²) in [5.74, 6) is -0.702. The highest BCUT2D eigenvalue weighted by Gasteiger charge is 2.35. The van der Waals surface area contributed by atoms with Gasteiger partial charge in [-0.25, -0.2) is 4.39 Å². The average molecular weight is 373 g/mol. The molecule has 0 saturated heterocycles. The van der Waals surface area contributed by atoms with Gasteiger partial charge in [0.2, 0.25) is 5.91 Å². The molecule has 1 aromatic heterocycles. The third-order valence-electron chi connectivity index (χ3n) is 5.13. The quantitative estimate of drug-likeness (QED) is 0.622. The molecule has 0 spiro atoms. The number of hydrogen-bond donors (Lipinski definition) is 1. The Bertz CT molecular complexity index is 902. The molecule has 1 heterocycles. The van der Waals surface area contributed by atoms with Crippen molar-refractivity contribution in [3.8, 4) is 0 Å². The lowest BCUT2D eigenvalue weighted by molar-refractivity contribution is -0.385. The first-order valence-corrected chi connectivity index (χ1v) is 8.77. The van der Waals surface area contributed by atoms with Gasteiger partial charge in [-0.05, 0) is 30.5 Å². The molecule has 1 saturated carbocycles. The molecule has 142 valence electrons. The second-order valence-corrected chi connectivity index (χ2v) is 6.88. The molecular weight excluding hydrogens is 353 g/mol. The third kappa shape index (κ3) is 4.21. The molecule has 2 aromatic rings. The Kier molecular flexibility index (Phi) is 5.34. The van der Waals surface area contributed by atoms with Crippen LogP contribution in [0.4, 0.5) is 10.1 Å². The summed E-state index contributed by atoms with van der Waals surface area (Å²) in [4.78, 5) is 34.4. The van der Waals surface area contributed by atoms with Crippen molar-refractivity contribution in [3.63, 3.8) is 0 Å². The van der Waals surface area contributed by atoms with E-state index in [4.69, 9.17) is 0 Å². The summed E-state index contributed by atoms with van der Waals surface area (Å²) in [7, 11) is 0. The van der Waals surface area contributed by atoms with E-state index in [2.05, 4.69) is 5.32 Å². The standard InChI is InChI=1S/C19H20FN3O4/c20-15-5-3-14(4-6-15)19(9-1-2-10-19)13-21-17(24)12-22-11-16(23(26)27)7-8-18(22)25/h3-8,11H,1-2,9-10,12-13H2,(H,21,24). The van der Waals surface area contributed by atoms with Crippen molar-refractivity contribution >= 4 is 11.6 Å². The number of nitrogens with zero attached hydrogens (tertiary/aromatic N) is 2. The van der Waals surface area contributed by atoms with Crippen LogP contribution in [0.1, 0.15) is 31.2 Å². The van der Waals surface area contributed by atoms with Crippen LogP contribution >= 0.6 is 0 Å². The maximum atomic E-state index is 13.2. The van der Waals surface area contributed by atoms with Gasteiger partial charge in [-0.15, -0.1) is 0 Å². The zero-order valence-corrected chi connectivity index (χ0v) is 14.7. The van der Waals surface area contributed by atoms with Gasteiger partial charge in [0.1, 0.15) is 12.4 Å². The summed E-state index contributed by atoms with van der Waals surface area (Å²) in [6.07, 6.45) is 4.88. The maximum absolute atomic E-state index is 13.2. The van der Waals surface area contributed by atoms with Crippen LogP contribution in [0, 0.1) is 15.9 Å². The van der Waals surface area contributed by atoms with Gasteiger partial charge in [0.25, 0.3) is 11.2 Å². The topological polar surface area (TPSA) is 94.2 Å². The Labute approximate surface area is 155 Å². The Morgan fingerprint density at radius 1 is 1.19 bits per heavy atom. The normalized spacial score (nSPS) is 15.4. The molecule has 1 aliphatic rings. The summed E-state index contributed by atoms with van der Waals surface area (Å²) in [5, 5.41) is 13.7. The van der Waals surface area contributed by atoms with Gasteiger partial charge in [0.15, 0.2) is 0 Å². The Morgan fingerprint density at radius 3 is 2.48 bits per heavy atom. The number of aromatic nitrogens is 1. The summed E-state index contributed by atoms with van der Waals surface area (Å²) >= 11 is 0. The predicted octanol–water partition coefficient (Wildman–Crippen LogP) is 2.52. The minimum atomic E-state index is -0.615. The molecule has 0 radical (unpaired) electrons. The lowest BCUT2D eigenvalue weighted by atomic mass is 9.79. The van der Waals surface area contributed by atoms with Crippen LogP contribution in [0.2, 0.25) is 0 Å².